The van der Waals surface area contributed by atoms with Crippen molar-refractivity contribution in [3.63, 3.8) is 0 Å². The Bertz CT molecular complexity index is 1200. The summed E-state index contributed by atoms with van der Waals surface area (Å²) in [5.74, 6) is 0.716. The highest BCUT2D eigenvalue weighted by atomic mass is 35.5. The third-order valence-corrected chi connectivity index (χ3v) is 7.69. The van der Waals surface area contributed by atoms with E-state index in [0.717, 1.165) is 34.7 Å². The predicted octanol–water partition coefficient (Wildman–Crippen LogP) is 4.26. The fraction of sp³-hybridized carbons (Fsp3) is 0.318. The molecule has 164 valence electrons. The zero-order valence-corrected chi connectivity index (χ0v) is 18.9. The van der Waals surface area contributed by atoms with Gasteiger partial charge in [0.05, 0.1) is 15.6 Å². The lowest BCUT2D eigenvalue weighted by molar-refractivity contribution is 0.179. The number of aryl methyl sites for hydroxylation is 2. The van der Waals surface area contributed by atoms with Crippen molar-refractivity contribution in [3.8, 4) is 11.5 Å². The van der Waals surface area contributed by atoms with Crippen LogP contribution in [0.15, 0.2) is 51.8 Å². The molecule has 0 atom stereocenters. The second-order valence-corrected chi connectivity index (χ2v) is 9.94. The van der Waals surface area contributed by atoms with E-state index >= 15 is 0 Å². The van der Waals surface area contributed by atoms with E-state index in [0.29, 0.717) is 38.6 Å². The van der Waals surface area contributed by atoms with Crippen LogP contribution in [0.1, 0.15) is 17.0 Å². The molecule has 9 heteroatoms. The first-order chi connectivity index (χ1) is 14.8. The van der Waals surface area contributed by atoms with Gasteiger partial charge in [-0.05, 0) is 43.7 Å². The number of halogens is 2. The van der Waals surface area contributed by atoms with Gasteiger partial charge in [0.15, 0.2) is 0 Å². The maximum Gasteiger partial charge on any atom is 0.243 e. The molecule has 31 heavy (non-hydrogen) atoms. The van der Waals surface area contributed by atoms with Crippen LogP contribution in [0.2, 0.25) is 5.02 Å². The Balaban J connectivity index is 1.43. The number of nitrogens with zero attached hydrogens (tertiary/aromatic N) is 3. The van der Waals surface area contributed by atoms with Crippen molar-refractivity contribution in [2.24, 2.45) is 0 Å². The second-order valence-electron chi connectivity index (χ2n) is 7.59. The lowest BCUT2D eigenvalue weighted by Crippen LogP contribution is -2.48. The van der Waals surface area contributed by atoms with E-state index < -0.39 is 15.8 Å². The van der Waals surface area contributed by atoms with E-state index in [2.05, 4.69) is 9.88 Å². The largest absolute Gasteiger partial charge is 0.441 e. The number of piperazine rings is 1. The van der Waals surface area contributed by atoms with Gasteiger partial charge in [0.2, 0.25) is 15.9 Å². The van der Waals surface area contributed by atoms with Crippen LogP contribution in [-0.4, -0.2) is 48.8 Å². The normalized spacial score (nSPS) is 16.0. The van der Waals surface area contributed by atoms with Crippen molar-refractivity contribution in [1.82, 2.24) is 14.2 Å². The minimum absolute atomic E-state index is 0.00238. The predicted molar refractivity (Wildman–Crippen MR) is 117 cm³/mol. The van der Waals surface area contributed by atoms with E-state index in [1.807, 2.05) is 38.1 Å². The van der Waals surface area contributed by atoms with Crippen molar-refractivity contribution in [1.29, 1.82) is 0 Å². The van der Waals surface area contributed by atoms with E-state index in [9.17, 15) is 12.8 Å². The van der Waals surface area contributed by atoms with Crippen LogP contribution in [0, 0.1) is 19.7 Å². The van der Waals surface area contributed by atoms with Crippen LogP contribution in [0.5, 0.6) is 0 Å². The molecule has 4 rings (SSSR count). The molecule has 0 bridgehead atoms. The molecule has 0 spiro atoms. The minimum Gasteiger partial charge on any atom is -0.441 e. The van der Waals surface area contributed by atoms with Crippen molar-refractivity contribution < 1.29 is 17.2 Å². The van der Waals surface area contributed by atoms with Gasteiger partial charge in [-0.1, -0.05) is 29.8 Å². The van der Waals surface area contributed by atoms with Crippen LogP contribution in [0.3, 0.4) is 0 Å². The fourth-order valence-corrected chi connectivity index (χ4v) is 5.32. The van der Waals surface area contributed by atoms with Crippen LogP contribution in [0.25, 0.3) is 11.5 Å². The van der Waals surface area contributed by atoms with Crippen LogP contribution < -0.4 is 0 Å². The van der Waals surface area contributed by atoms with Gasteiger partial charge < -0.3 is 4.42 Å². The molecule has 6 nitrogen and oxygen atoms in total. The Hall–Kier alpha value is -2.26. The Labute approximate surface area is 186 Å². The molecule has 2 aromatic carbocycles. The molecule has 1 aliphatic heterocycles. The summed E-state index contributed by atoms with van der Waals surface area (Å²) in [6.07, 6.45) is 0. The number of benzene rings is 2. The van der Waals surface area contributed by atoms with E-state index in [1.165, 1.54) is 10.4 Å². The summed E-state index contributed by atoms with van der Waals surface area (Å²) >= 11 is 5.76. The molecule has 0 amide bonds. The van der Waals surface area contributed by atoms with Gasteiger partial charge in [-0.15, -0.1) is 0 Å². The first-order valence-electron chi connectivity index (χ1n) is 9.95. The lowest BCUT2D eigenvalue weighted by atomic mass is 10.1. The van der Waals surface area contributed by atoms with Crippen molar-refractivity contribution >= 4 is 21.6 Å². The molecule has 0 aliphatic carbocycles. The fourth-order valence-electron chi connectivity index (χ4n) is 3.63. The highest BCUT2D eigenvalue weighted by Crippen LogP contribution is 2.26. The molecule has 1 fully saturated rings. The highest BCUT2D eigenvalue weighted by Gasteiger charge is 2.29. The minimum atomic E-state index is -3.72. The average Bonchev–Trinajstić information content (AvgIpc) is 3.10. The van der Waals surface area contributed by atoms with Crippen molar-refractivity contribution in [3.05, 3.63) is 70.3 Å². The average molecular weight is 464 g/mol. The summed E-state index contributed by atoms with van der Waals surface area (Å²) in [6, 6.07) is 11.4. The molecule has 1 saturated heterocycles. The first kappa shape index (κ1) is 22.0. The first-order valence-corrected chi connectivity index (χ1v) is 11.8. The van der Waals surface area contributed by atoms with Gasteiger partial charge in [-0.2, -0.15) is 4.31 Å². The number of hydrogen-bond acceptors (Lipinski definition) is 5. The molecule has 0 N–H and O–H groups in total. The van der Waals surface area contributed by atoms with Crippen LogP contribution in [0.4, 0.5) is 4.39 Å². The van der Waals surface area contributed by atoms with Gasteiger partial charge in [-0.3, -0.25) is 4.90 Å². The Kier molecular flexibility index (Phi) is 6.16. The maximum absolute atomic E-state index is 13.4. The molecule has 2 heterocycles. The van der Waals surface area contributed by atoms with Gasteiger partial charge in [0.1, 0.15) is 11.6 Å². The third-order valence-electron chi connectivity index (χ3n) is 5.50. The van der Waals surface area contributed by atoms with Gasteiger partial charge in [0.25, 0.3) is 0 Å². The third kappa shape index (κ3) is 4.52. The summed E-state index contributed by atoms with van der Waals surface area (Å²) < 4.78 is 46.4. The summed E-state index contributed by atoms with van der Waals surface area (Å²) in [7, 11) is -3.72. The summed E-state index contributed by atoms with van der Waals surface area (Å²) in [5, 5.41) is -0.203. The number of aromatic nitrogens is 1. The van der Waals surface area contributed by atoms with Gasteiger partial charge in [0, 0.05) is 38.3 Å². The summed E-state index contributed by atoms with van der Waals surface area (Å²) in [5.41, 5.74) is 2.90. The molecule has 0 unspecified atom stereocenters. The Morgan fingerprint density at radius 3 is 2.48 bits per heavy atom. The highest BCUT2D eigenvalue weighted by molar-refractivity contribution is 7.89. The van der Waals surface area contributed by atoms with Crippen molar-refractivity contribution in [2.45, 2.75) is 25.3 Å². The second kappa shape index (κ2) is 8.70. The molecule has 1 aliphatic rings. The van der Waals surface area contributed by atoms with E-state index in [-0.39, 0.29) is 9.92 Å². The monoisotopic (exact) mass is 463 g/mol. The molecule has 0 radical (unpaired) electrons. The summed E-state index contributed by atoms with van der Waals surface area (Å²) in [4.78, 5) is 6.83. The molecular weight excluding hydrogens is 441 g/mol. The number of rotatable bonds is 5. The molecule has 0 saturated carbocycles. The quantitative estimate of drug-likeness (QED) is 0.565. The maximum atomic E-state index is 13.4. The zero-order chi connectivity index (χ0) is 22.2. The van der Waals surface area contributed by atoms with Crippen molar-refractivity contribution in [2.75, 3.05) is 26.2 Å². The number of hydrogen-bond donors (Lipinski definition) is 0. The van der Waals surface area contributed by atoms with Gasteiger partial charge >= 0.3 is 0 Å². The van der Waals surface area contributed by atoms with Crippen LogP contribution >= 0.6 is 11.6 Å². The Morgan fingerprint density at radius 1 is 1.10 bits per heavy atom. The van der Waals surface area contributed by atoms with E-state index in [1.54, 1.807) is 0 Å². The lowest BCUT2D eigenvalue weighted by Gasteiger charge is -2.33. The smallest absolute Gasteiger partial charge is 0.243 e. The molecule has 1 aromatic heterocycles. The number of oxazole rings is 1. The van der Waals surface area contributed by atoms with Crippen LogP contribution in [-0.2, 0) is 16.6 Å². The topological polar surface area (TPSA) is 66.7 Å². The number of sulfonamides is 1. The SMILES string of the molecule is Cc1ccccc1-c1nc(CN2CCN(S(=O)(=O)c3ccc(F)c(Cl)c3)CC2)c(C)o1. The molecular formula is C22H23ClFN3O3S. The Morgan fingerprint density at radius 2 is 1.81 bits per heavy atom. The summed E-state index contributed by atoms with van der Waals surface area (Å²) in [6.45, 7) is 6.27. The standard InChI is InChI=1S/C22H23ClFN3O3S/c1-15-5-3-4-6-18(15)22-25-21(16(2)30-22)14-26-9-11-27(12-10-26)31(28,29)17-7-8-20(24)19(23)13-17/h3-8,13H,9-12,14H2,1-2H3. The van der Waals surface area contributed by atoms with E-state index in [4.69, 9.17) is 16.0 Å². The van der Waals surface area contributed by atoms with Gasteiger partial charge in [-0.25, -0.2) is 17.8 Å². The zero-order valence-electron chi connectivity index (χ0n) is 17.3. The molecule has 3 aromatic rings.